The Morgan fingerprint density at radius 2 is 1.81 bits per heavy atom. The van der Waals surface area contributed by atoms with Crippen LogP contribution in [0.4, 0.5) is 13.2 Å². The summed E-state index contributed by atoms with van der Waals surface area (Å²) in [5.41, 5.74) is 0.535. The molecule has 2 N–H and O–H groups in total. The highest BCUT2D eigenvalue weighted by molar-refractivity contribution is 5.78. The maximum atomic E-state index is 12.1. The smallest absolute Gasteiger partial charge is 0.389 e. The van der Waals surface area contributed by atoms with Gasteiger partial charge in [-0.25, -0.2) is 0 Å². The zero-order valence-corrected chi connectivity index (χ0v) is 11.4. The molecule has 0 heterocycles. The summed E-state index contributed by atoms with van der Waals surface area (Å²) in [6, 6.07) is 7.42. The minimum Gasteiger partial charge on any atom is -0.481 e. The third-order valence-electron chi connectivity index (χ3n) is 3.00. The molecule has 4 nitrogen and oxygen atoms in total. The molecule has 0 radical (unpaired) electrons. The van der Waals surface area contributed by atoms with Gasteiger partial charge in [0.05, 0.1) is 18.4 Å². The first-order chi connectivity index (χ1) is 9.70. The van der Waals surface area contributed by atoms with Crippen LogP contribution in [0, 0.1) is 5.92 Å². The van der Waals surface area contributed by atoms with Crippen molar-refractivity contribution < 1.29 is 27.9 Å². The number of carbonyl (C=O) groups excluding carboxylic acids is 1. The standard InChI is InChI=1S/C14H16F3NO3/c1-9(13(20)21)12(10-5-3-2-4-6-10)18-11(19)7-8-14(15,16)17/h2-6,9,12H,7-8H2,1H3,(H,18,19)(H,20,21)/t9-,12-/m0/s1. The lowest BCUT2D eigenvalue weighted by Crippen LogP contribution is -2.36. The molecule has 0 fully saturated rings. The third kappa shape index (κ3) is 5.85. The van der Waals surface area contributed by atoms with Crippen LogP contribution >= 0.6 is 0 Å². The van der Waals surface area contributed by atoms with Gasteiger partial charge < -0.3 is 10.4 Å². The fraction of sp³-hybridized carbons (Fsp3) is 0.429. The van der Waals surface area contributed by atoms with Gasteiger partial charge in [-0.2, -0.15) is 13.2 Å². The molecule has 0 saturated carbocycles. The number of carboxylic acids is 1. The number of carbonyl (C=O) groups is 2. The summed E-state index contributed by atoms with van der Waals surface area (Å²) in [7, 11) is 0. The molecule has 0 aliphatic heterocycles. The van der Waals surface area contributed by atoms with Crippen LogP contribution in [0.2, 0.25) is 0 Å². The number of rotatable bonds is 6. The van der Waals surface area contributed by atoms with Gasteiger partial charge in [-0.15, -0.1) is 0 Å². The van der Waals surface area contributed by atoms with Crippen LogP contribution in [-0.2, 0) is 9.59 Å². The number of hydrogen-bond acceptors (Lipinski definition) is 2. The van der Waals surface area contributed by atoms with E-state index in [9.17, 15) is 22.8 Å². The normalized spacial score (nSPS) is 14.3. The topological polar surface area (TPSA) is 66.4 Å². The van der Waals surface area contributed by atoms with Crippen LogP contribution in [-0.4, -0.2) is 23.2 Å². The Morgan fingerprint density at radius 3 is 2.29 bits per heavy atom. The second kappa shape index (κ2) is 7.10. The second-order valence-electron chi connectivity index (χ2n) is 4.70. The molecule has 1 amide bonds. The Bertz CT molecular complexity index is 488. The van der Waals surface area contributed by atoms with Crippen molar-refractivity contribution in [3.8, 4) is 0 Å². The highest BCUT2D eigenvalue weighted by atomic mass is 19.4. The number of halogens is 3. The lowest BCUT2D eigenvalue weighted by molar-refractivity contribution is -0.146. The largest absolute Gasteiger partial charge is 0.481 e. The molecule has 116 valence electrons. The van der Waals surface area contributed by atoms with Crippen molar-refractivity contribution >= 4 is 11.9 Å². The van der Waals surface area contributed by atoms with Crippen molar-refractivity contribution in [2.75, 3.05) is 0 Å². The van der Waals surface area contributed by atoms with E-state index in [0.717, 1.165) is 0 Å². The molecule has 7 heteroatoms. The van der Waals surface area contributed by atoms with Gasteiger partial charge >= 0.3 is 12.1 Å². The molecule has 0 aromatic heterocycles. The van der Waals surface area contributed by atoms with E-state index in [1.807, 2.05) is 0 Å². The first-order valence-electron chi connectivity index (χ1n) is 6.34. The summed E-state index contributed by atoms with van der Waals surface area (Å²) in [4.78, 5) is 22.7. The molecule has 0 spiro atoms. The van der Waals surface area contributed by atoms with Crippen LogP contribution in [0.5, 0.6) is 0 Å². The second-order valence-corrected chi connectivity index (χ2v) is 4.70. The van der Waals surface area contributed by atoms with Crippen LogP contribution < -0.4 is 5.32 Å². The lowest BCUT2D eigenvalue weighted by atomic mass is 9.94. The van der Waals surface area contributed by atoms with E-state index in [-0.39, 0.29) is 0 Å². The number of carboxylic acid groups (broad SMARTS) is 1. The predicted octanol–water partition coefficient (Wildman–Crippen LogP) is 2.91. The number of benzene rings is 1. The minimum atomic E-state index is -4.42. The Morgan fingerprint density at radius 1 is 1.24 bits per heavy atom. The summed E-state index contributed by atoms with van der Waals surface area (Å²) >= 11 is 0. The highest BCUT2D eigenvalue weighted by Crippen LogP contribution is 2.24. The van der Waals surface area contributed by atoms with E-state index in [0.29, 0.717) is 5.56 Å². The first kappa shape index (κ1) is 17.0. The van der Waals surface area contributed by atoms with E-state index < -0.39 is 42.9 Å². The fourth-order valence-corrected chi connectivity index (χ4v) is 1.80. The van der Waals surface area contributed by atoms with Gasteiger partial charge in [-0.3, -0.25) is 9.59 Å². The van der Waals surface area contributed by atoms with Gasteiger partial charge in [-0.05, 0) is 12.5 Å². The summed E-state index contributed by atoms with van der Waals surface area (Å²) < 4.78 is 36.3. The Balaban J connectivity index is 2.79. The van der Waals surface area contributed by atoms with E-state index in [2.05, 4.69) is 5.32 Å². The van der Waals surface area contributed by atoms with Crippen molar-refractivity contribution in [2.45, 2.75) is 32.0 Å². The summed E-state index contributed by atoms with van der Waals surface area (Å²) in [5, 5.41) is 11.4. The molecule has 1 aromatic rings. The summed E-state index contributed by atoms with van der Waals surface area (Å²) in [6.45, 7) is 1.39. The zero-order valence-electron chi connectivity index (χ0n) is 11.4. The van der Waals surface area contributed by atoms with E-state index >= 15 is 0 Å². The van der Waals surface area contributed by atoms with Crippen LogP contribution in [0.3, 0.4) is 0 Å². The van der Waals surface area contributed by atoms with Crippen molar-refractivity contribution in [1.29, 1.82) is 0 Å². The van der Waals surface area contributed by atoms with Crippen molar-refractivity contribution in [2.24, 2.45) is 5.92 Å². The monoisotopic (exact) mass is 303 g/mol. The van der Waals surface area contributed by atoms with E-state index in [4.69, 9.17) is 5.11 Å². The van der Waals surface area contributed by atoms with Gasteiger partial charge in [0.1, 0.15) is 0 Å². The van der Waals surface area contributed by atoms with Crippen molar-refractivity contribution in [3.63, 3.8) is 0 Å². The van der Waals surface area contributed by atoms with Gasteiger partial charge in [-0.1, -0.05) is 30.3 Å². The summed E-state index contributed by atoms with van der Waals surface area (Å²) in [6.07, 6.45) is -6.38. The number of nitrogens with one attached hydrogen (secondary N) is 1. The highest BCUT2D eigenvalue weighted by Gasteiger charge is 2.30. The number of amides is 1. The molecule has 1 aromatic carbocycles. The molecule has 0 aliphatic carbocycles. The van der Waals surface area contributed by atoms with Crippen LogP contribution in [0.1, 0.15) is 31.4 Å². The van der Waals surface area contributed by atoms with E-state index in [1.165, 1.54) is 6.92 Å². The summed E-state index contributed by atoms with van der Waals surface area (Å²) in [5.74, 6) is -2.92. The van der Waals surface area contributed by atoms with E-state index in [1.54, 1.807) is 30.3 Å². The molecule has 0 bridgehead atoms. The zero-order chi connectivity index (χ0) is 16.0. The van der Waals surface area contributed by atoms with Gasteiger partial charge in [0.15, 0.2) is 0 Å². The lowest BCUT2D eigenvalue weighted by Gasteiger charge is -2.23. The molecule has 0 saturated heterocycles. The molecule has 0 aliphatic rings. The average molecular weight is 303 g/mol. The van der Waals surface area contributed by atoms with Crippen LogP contribution in [0.25, 0.3) is 0 Å². The predicted molar refractivity (Wildman–Crippen MR) is 69.4 cm³/mol. The van der Waals surface area contributed by atoms with Gasteiger partial charge in [0.25, 0.3) is 0 Å². The maximum Gasteiger partial charge on any atom is 0.389 e. The SMILES string of the molecule is C[C@H](C(=O)O)[C@H](NC(=O)CCC(F)(F)F)c1ccccc1. The number of aliphatic carboxylic acids is 1. The molecular weight excluding hydrogens is 287 g/mol. The molecule has 1 rings (SSSR count). The van der Waals surface area contributed by atoms with Crippen molar-refractivity contribution in [3.05, 3.63) is 35.9 Å². The van der Waals surface area contributed by atoms with Gasteiger partial charge in [0.2, 0.25) is 5.91 Å². The third-order valence-corrected chi connectivity index (χ3v) is 3.00. The average Bonchev–Trinajstić information content (AvgIpc) is 2.42. The molecule has 2 atom stereocenters. The quantitative estimate of drug-likeness (QED) is 0.849. The fourth-order valence-electron chi connectivity index (χ4n) is 1.80. The number of hydrogen-bond donors (Lipinski definition) is 2. The molecule has 0 unspecified atom stereocenters. The first-order valence-corrected chi connectivity index (χ1v) is 6.34. The Hall–Kier alpha value is -2.05. The van der Waals surface area contributed by atoms with Crippen LogP contribution in [0.15, 0.2) is 30.3 Å². The maximum absolute atomic E-state index is 12.1. The molecular formula is C14H16F3NO3. The number of alkyl halides is 3. The minimum absolute atomic E-state index is 0.535. The molecule has 21 heavy (non-hydrogen) atoms. The Kier molecular flexibility index (Phi) is 5.75. The Labute approximate surface area is 120 Å². The van der Waals surface area contributed by atoms with Gasteiger partial charge in [0, 0.05) is 6.42 Å². The van der Waals surface area contributed by atoms with Crippen molar-refractivity contribution in [1.82, 2.24) is 5.32 Å².